The Hall–Kier alpha value is -1.36. The molecule has 1 unspecified atom stereocenters. The summed E-state index contributed by atoms with van der Waals surface area (Å²) in [5, 5.41) is 10.4. The smallest absolute Gasteiger partial charge is 0.258 e. The molecule has 0 bridgehead atoms. The van der Waals surface area contributed by atoms with Gasteiger partial charge in [0.15, 0.2) is 0 Å². The summed E-state index contributed by atoms with van der Waals surface area (Å²) in [5.41, 5.74) is 0.714. The molecule has 1 rings (SSSR count). The van der Waals surface area contributed by atoms with Crippen LogP contribution in [0.5, 0.6) is 0 Å². The molecule has 7 heteroatoms. The van der Waals surface area contributed by atoms with Crippen LogP contribution in [-0.2, 0) is 20.2 Å². The molecule has 1 atom stereocenters. The highest BCUT2D eigenvalue weighted by atomic mass is 31.1. The first-order chi connectivity index (χ1) is 7.63. The van der Waals surface area contributed by atoms with Crippen LogP contribution in [0.3, 0.4) is 0 Å². The molecule has 0 heterocycles. The predicted molar refractivity (Wildman–Crippen MR) is 57.1 cm³/mol. The summed E-state index contributed by atoms with van der Waals surface area (Å²) >= 11 is 0. The van der Waals surface area contributed by atoms with E-state index in [4.69, 9.17) is 9.05 Å². The van der Waals surface area contributed by atoms with Crippen molar-refractivity contribution in [1.29, 1.82) is 0 Å². The lowest BCUT2D eigenvalue weighted by atomic mass is 10.2. The van der Waals surface area contributed by atoms with Crippen LogP contribution in [0.15, 0.2) is 24.3 Å². The molecule has 6 nitrogen and oxygen atoms in total. The average Bonchev–Trinajstić information content (AvgIpc) is 2.27. The number of nitro benzene ring substituents is 1. The topological polar surface area (TPSA) is 78.7 Å². The predicted octanol–water partition coefficient (Wildman–Crippen LogP) is 2.81. The van der Waals surface area contributed by atoms with E-state index in [1.165, 1.54) is 12.1 Å². The van der Waals surface area contributed by atoms with Gasteiger partial charge in [0.2, 0.25) is 0 Å². The van der Waals surface area contributed by atoms with Gasteiger partial charge in [-0.25, -0.2) is 0 Å². The van der Waals surface area contributed by atoms with Crippen molar-refractivity contribution in [1.82, 2.24) is 0 Å². The highest BCUT2D eigenvalue weighted by Crippen LogP contribution is 2.25. The Bertz CT molecular complexity index is 378. The van der Waals surface area contributed by atoms with E-state index in [1.807, 2.05) is 0 Å². The first kappa shape index (κ1) is 12.7. The minimum absolute atomic E-state index is 0.0120. The highest BCUT2D eigenvalue weighted by Gasteiger charge is 2.18. The summed E-state index contributed by atoms with van der Waals surface area (Å²) in [6.45, 7) is 2.13. The molecule has 1 aromatic carbocycles. The number of hydrogen-bond acceptors (Lipinski definition) is 5. The summed E-state index contributed by atoms with van der Waals surface area (Å²) in [7, 11) is -2.11. The third-order valence-corrected chi connectivity index (χ3v) is 2.53. The molecule has 0 saturated heterocycles. The van der Waals surface area contributed by atoms with Gasteiger partial charge >= 0.3 is 8.25 Å². The molecular formula is C9H11NO5P+. The van der Waals surface area contributed by atoms with Gasteiger partial charge < -0.3 is 0 Å². The van der Waals surface area contributed by atoms with Crippen LogP contribution >= 0.6 is 8.25 Å². The minimum Gasteiger partial charge on any atom is -0.258 e. The van der Waals surface area contributed by atoms with Crippen LogP contribution in [0.2, 0.25) is 0 Å². The summed E-state index contributed by atoms with van der Waals surface area (Å²) in [5.74, 6) is 0. The Labute approximate surface area is 93.3 Å². The third kappa shape index (κ3) is 4.02. The van der Waals surface area contributed by atoms with E-state index in [0.717, 1.165) is 0 Å². The van der Waals surface area contributed by atoms with Crippen LogP contribution in [0.1, 0.15) is 12.5 Å². The molecule has 0 amide bonds. The van der Waals surface area contributed by atoms with Crippen molar-refractivity contribution >= 4 is 13.9 Å². The normalized spacial score (nSPS) is 11.2. The van der Waals surface area contributed by atoms with Crippen molar-refractivity contribution < 1.29 is 18.5 Å². The van der Waals surface area contributed by atoms with Crippen molar-refractivity contribution in [2.24, 2.45) is 0 Å². The zero-order valence-electron chi connectivity index (χ0n) is 8.66. The third-order valence-electron chi connectivity index (χ3n) is 1.72. The van der Waals surface area contributed by atoms with Gasteiger partial charge in [-0.2, -0.15) is 0 Å². The Morgan fingerprint density at radius 1 is 1.31 bits per heavy atom. The van der Waals surface area contributed by atoms with Gasteiger partial charge in [-0.05, 0) is 24.6 Å². The molecule has 0 aromatic heterocycles. The van der Waals surface area contributed by atoms with Crippen LogP contribution < -0.4 is 0 Å². The molecule has 0 aliphatic heterocycles. The second kappa shape index (κ2) is 6.27. The molecule has 0 spiro atoms. The SMILES string of the molecule is CCO[P+](=O)OCc1ccc([N+](=O)[O-])cc1. The quantitative estimate of drug-likeness (QED) is 0.436. The van der Waals surface area contributed by atoms with Gasteiger partial charge in [-0.1, -0.05) is 0 Å². The number of non-ortho nitro benzene ring substituents is 1. The number of nitrogens with zero attached hydrogens (tertiary/aromatic N) is 1. The van der Waals surface area contributed by atoms with Crippen molar-refractivity contribution in [2.45, 2.75) is 13.5 Å². The molecule has 86 valence electrons. The second-order valence-corrected chi connectivity index (χ2v) is 3.80. The van der Waals surface area contributed by atoms with E-state index in [9.17, 15) is 14.7 Å². The van der Waals surface area contributed by atoms with Crippen LogP contribution in [0, 0.1) is 10.1 Å². The van der Waals surface area contributed by atoms with Gasteiger partial charge in [0.05, 0.1) is 4.92 Å². The van der Waals surface area contributed by atoms with Crippen LogP contribution in [-0.4, -0.2) is 11.5 Å². The summed E-state index contributed by atoms with van der Waals surface area (Å²) in [4.78, 5) is 9.89. The van der Waals surface area contributed by atoms with Crippen molar-refractivity contribution in [3.05, 3.63) is 39.9 Å². The Morgan fingerprint density at radius 2 is 1.94 bits per heavy atom. The fraction of sp³-hybridized carbons (Fsp3) is 0.333. The Morgan fingerprint density at radius 3 is 2.44 bits per heavy atom. The number of hydrogen-bond donors (Lipinski definition) is 0. The van der Waals surface area contributed by atoms with Crippen molar-refractivity contribution in [3.8, 4) is 0 Å². The number of nitro groups is 1. The zero-order chi connectivity index (χ0) is 12.0. The molecule has 1 aromatic rings. The van der Waals surface area contributed by atoms with E-state index >= 15 is 0 Å². The summed E-state index contributed by atoms with van der Waals surface area (Å²) in [6.07, 6.45) is 0. The van der Waals surface area contributed by atoms with Gasteiger partial charge in [-0.15, -0.1) is 9.05 Å². The van der Waals surface area contributed by atoms with E-state index < -0.39 is 13.2 Å². The number of benzene rings is 1. The minimum atomic E-state index is -2.11. The van der Waals surface area contributed by atoms with Crippen molar-refractivity contribution in [3.63, 3.8) is 0 Å². The van der Waals surface area contributed by atoms with E-state index in [0.29, 0.717) is 12.2 Å². The monoisotopic (exact) mass is 244 g/mol. The Balaban J connectivity index is 2.49. The highest BCUT2D eigenvalue weighted by molar-refractivity contribution is 7.33. The van der Waals surface area contributed by atoms with Crippen LogP contribution in [0.25, 0.3) is 0 Å². The fourth-order valence-electron chi connectivity index (χ4n) is 0.984. The first-order valence-corrected chi connectivity index (χ1v) is 5.69. The lowest BCUT2D eigenvalue weighted by Crippen LogP contribution is -1.90. The lowest BCUT2D eigenvalue weighted by Gasteiger charge is -1.94. The lowest BCUT2D eigenvalue weighted by molar-refractivity contribution is -0.384. The standard InChI is InChI=1S/C9H11NO5P/c1-2-14-16(13)15-7-8-3-5-9(6-4-8)10(11)12/h3-6H,2,7H2,1H3/q+1. The van der Waals surface area contributed by atoms with E-state index in [1.54, 1.807) is 19.1 Å². The maximum atomic E-state index is 11.0. The maximum Gasteiger partial charge on any atom is 0.697 e. The molecular weight excluding hydrogens is 233 g/mol. The summed E-state index contributed by atoms with van der Waals surface area (Å²) in [6, 6.07) is 5.83. The molecule has 0 saturated carbocycles. The maximum absolute atomic E-state index is 11.0. The molecule has 0 fully saturated rings. The first-order valence-electron chi connectivity index (χ1n) is 4.60. The van der Waals surface area contributed by atoms with Gasteiger partial charge in [-0.3, -0.25) is 10.1 Å². The van der Waals surface area contributed by atoms with Gasteiger partial charge in [0.25, 0.3) is 5.69 Å². The van der Waals surface area contributed by atoms with Gasteiger partial charge in [0.1, 0.15) is 13.2 Å². The Kier molecular flexibility index (Phi) is 4.98. The van der Waals surface area contributed by atoms with Gasteiger partial charge in [0, 0.05) is 16.7 Å². The van der Waals surface area contributed by atoms with E-state index in [-0.39, 0.29) is 12.3 Å². The number of rotatable bonds is 6. The largest absolute Gasteiger partial charge is 0.697 e. The molecule has 0 radical (unpaired) electrons. The van der Waals surface area contributed by atoms with Crippen LogP contribution in [0.4, 0.5) is 5.69 Å². The fourth-order valence-corrected chi connectivity index (χ4v) is 1.52. The molecule has 0 N–H and O–H groups in total. The zero-order valence-corrected chi connectivity index (χ0v) is 9.55. The molecule has 0 aliphatic rings. The molecule has 0 aliphatic carbocycles. The molecule has 16 heavy (non-hydrogen) atoms. The second-order valence-electron chi connectivity index (χ2n) is 2.84. The summed E-state index contributed by atoms with van der Waals surface area (Å²) < 4.78 is 20.6. The van der Waals surface area contributed by atoms with Crippen molar-refractivity contribution in [2.75, 3.05) is 6.61 Å². The van der Waals surface area contributed by atoms with E-state index in [2.05, 4.69) is 0 Å². The average molecular weight is 244 g/mol.